The molecule has 4 heteroatoms. The third-order valence-electron chi connectivity index (χ3n) is 2.49. The summed E-state index contributed by atoms with van der Waals surface area (Å²) in [5.74, 6) is 1.09. The molecule has 0 saturated carbocycles. The number of amides is 1. The molecule has 0 aliphatic heterocycles. The van der Waals surface area contributed by atoms with Crippen molar-refractivity contribution in [2.45, 2.75) is 20.3 Å². The molecule has 0 saturated heterocycles. The van der Waals surface area contributed by atoms with Crippen molar-refractivity contribution < 1.29 is 9.37 Å². The van der Waals surface area contributed by atoms with Crippen LogP contribution in [0.15, 0.2) is 24.3 Å². The number of nitrogens with zero attached hydrogens (tertiary/aromatic N) is 1. The summed E-state index contributed by atoms with van der Waals surface area (Å²) in [6.45, 7) is 3.84. The Morgan fingerprint density at radius 2 is 1.59 bits per heavy atom. The molecule has 0 atom stereocenters. The van der Waals surface area contributed by atoms with Crippen molar-refractivity contribution >= 4 is 23.1 Å². The normalized spacial score (nSPS) is 9.65. The number of carbonyl (C=O) groups excluding carboxylic acids is 1. The van der Waals surface area contributed by atoms with E-state index in [1.165, 1.54) is 0 Å². The first-order valence-electron chi connectivity index (χ1n) is 5.70. The predicted molar refractivity (Wildman–Crippen MR) is 71.8 cm³/mol. The van der Waals surface area contributed by atoms with E-state index in [1.54, 1.807) is 0 Å². The molecule has 92 valence electrons. The Morgan fingerprint density at radius 3 is 2.00 bits per heavy atom. The summed E-state index contributed by atoms with van der Waals surface area (Å²) in [6.07, 6.45) is 0.494. The lowest BCUT2D eigenvalue weighted by molar-refractivity contribution is -0.464. The standard InChI is InChI=1S/C13H19N3O/c1-5-13(17)15-12-8-6-11(7-9-12)14-10(2)16(3)4/h6-9H,5H2,1-4H3,(H,15,17)/p+1. The summed E-state index contributed by atoms with van der Waals surface area (Å²) in [7, 11) is 3.97. The second-order valence-corrected chi connectivity index (χ2v) is 4.08. The largest absolute Gasteiger partial charge is 0.326 e. The van der Waals surface area contributed by atoms with E-state index in [2.05, 4.69) is 10.6 Å². The average molecular weight is 234 g/mol. The van der Waals surface area contributed by atoms with Gasteiger partial charge in [-0.1, -0.05) is 6.92 Å². The summed E-state index contributed by atoms with van der Waals surface area (Å²) in [5.41, 5.74) is 1.83. The van der Waals surface area contributed by atoms with Gasteiger partial charge in [-0.25, -0.2) is 5.32 Å². The van der Waals surface area contributed by atoms with Crippen molar-refractivity contribution in [3.63, 3.8) is 0 Å². The van der Waals surface area contributed by atoms with Crippen molar-refractivity contribution in [1.29, 1.82) is 0 Å². The molecule has 4 nitrogen and oxygen atoms in total. The highest BCUT2D eigenvalue weighted by atomic mass is 16.1. The van der Waals surface area contributed by atoms with Gasteiger partial charge in [0, 0.05) is 19.0 Å². The third-order valence-corrected chi connectivity index (χ3v) is 2.49. The summed E-state index contributed by atoms with van der Waals surface area (Å²) >= 11 is 0. The van der Waals surface area contributed by atoms with E-state index in [9.17, 15) is 4.79 Å². The van der Waals surface area contributed by atoms with E-state index in [1.807, 2.05) is 56.8 Å². The van der Waals surface area contributed by atoms with Gasteiger partial charge < -0.3 is 5.32 Å². The highest BCUT2D eigenvalue weighted by molar-refractivity contribution is 5.92. The molecule has 0 unspecified atom stereocenters. The van der Waals surface area contributed by atoms with E-state index in [0.29, 0.717) is 6.42 Å². The average Bonchev–Trinajstić information content (AvgIpc) is 2.31. The highest BCUT2D eigenvalue weighted by Crippen LogP contribution is 2.13. The molecule has 1 aromatic carbocycles. The SMILES string of the molecule is CCC(=O)Nc1ccc(NC(C)=[N+](C)C)cc1. The number of amidine groups is 1. The first-order valence-corrected chi connectivity index (χ1v) is 5.70. The number of carbonyl (C=O) groups is 1. The second kappa shape index (κ2) is 6.03. The third kappa shape index (κ3) is 4.26. The van der Waals surface area contributed by atoms with Crippen LogP contribution in [0.5, 0.6) is 0 Å². The number of hydrogen-bond acceptors (Lipinski definition) is 1. The zero-order valence-electron chi connectivity index (χ0n) is 10.9. The molecule has 1 rings (SSSR count). The van der Waals surface area contributed by atoms with Gasteiger partial charge in [0.25, 0.3) is 0 Å². The molecule has 1 aromatic rings. The summed E-state index contributed by atoms with van der Waals surface area (Å²) in [5, 5.41) is 6.08. The fourth-order valence-electron chi connectivity index (χ4n) is 1.21. The van der Waals surface area contributed by atoms with Crippen LogP contribution in [0.1, 0.15) is 20.3 Å². The monoisotopic (exact) mass is 234 g/mol. The van der Waals surface area contributed by atoms with Gasteiger partial charge >= 0.3 is 0 Å². The van der Waals surface area contributed by atoms with Gasteiger partial charge in [-0.3, -0.25) is 9.37 Å². The van der Waals surface area contributed by atoms with Crippen LogP contribution in [-0.2, 0) is 4.79 Å². The highest BCUT2D eigenvalue weighted by Gasteiger charge is 2.03. The molecule has 0 radical (unpaired) electrons. The first-order chi connectivity index (χ1) is 8.02. The minimum Gasteiger partial charge on any atom is -0.326 e. The first kappa shape index (κ1) is 13.2. The van der Waals surface area contributed by atoms with E-state index < -0.39 is 0 Å². The van der Waals surface area contributed by atoms with Crippen LogP contribution >= 0.6 is 0 Å². The minimum absolute atomic E-state index is 0.0294. The predicted octanol–water partition coefficient (Wildman–Crippen LogP) is 2.14. The van der Waals surface area contributed by atoms with Crippen LogP contribution in [0.2, 0.25) is 0 Å². The molecular weight excluding hydrogens is 214 g/mol. The maximum Gasteiger partial charge on any atom is 0.246 e. The Kier molecular flexibility index (Phi) is 4.69. The number of hydrogen-bond donors (Lipinski definition) is 2. The number of anilines is 2. The summed E-state index contributed by atoms with van der Waals surface area (Å²) in [4.78, 5) is 11.2. The van der Waals surface area contributed by atoms with Crippen LogP contribution in [-0.4, -0.2) is 30.4 Å². The van der Waals surface area contributed by atoms with Crippen molar-refractivity contribution in [2.75, 3.05) is 24.7 Å². The topological polar surface area (TPSA) is 44.1 Å². The van der Waals surface area contributed by atoms with E-state index >= 15 is 0 Å². The molecular formula is C13H20N3O+. The van der Waals surface area contributed by atoms with Gasteiger partial charge in [-0.05, 0) is 24.3 Å². The Hall–Kier alpha value is -1.84. The molecule has 1 amide bonds. The van der Waals surface area contributed by atoms with Crippen molar-refractivity contribution in [1.82, 2.24) is 0 Å². The van der Waals surface area contributed by atoms with Crippen LogP contribution in [0, 0.1) is 0 Å². The molecule has 0 fully saturated rings. The van der Waals surface area contributed by atoms with Crippen molar-refractivity contribution in [3.05, 3.63) is 24.3 Å². The molecule has 0 bridgehead atoms. The molecule has 0 heterocycles. The number of benzene rings is 1. The van der Waals surface area contributed by atoms with Crippen molar-refractivity contribution in [3.8, 4) is 0 Å². The maximum atomic E-state index is 11.2. The summed E-state index contributed by atoms with van der Waals surface area (Å²) in [6, 6.07) is 7.66. The number of nitrogens with one attached hydrogen (secondary N) is 2. The second-order valence-electron chi connectivity index (χ2n) is 4.08. The van der Waals surface area contributed by atoms with Gasteiger partial charge in [0.2, 0.25) is 11.7 Å². The zero-order valence-corrected chi connectivity index (χ0v) is 10.9. The lowest BCUT2D eigenvalue weighted by atomic mass is 10.2. The van der Waals surface area contributed by atoms with Gasteiger partial charge in [0.05, 0.1) is 14.1 Å². The Balaban J connectivity index is 2.68. The molecule has 2 N–H and O–H groups in total. The Labute approximate surface area is 102 Å². The minimum atomic E-state index is 0.0294. The van der Waals surface area contributed by atoms with Crippen LogP contribution in [0.3, 0.4) is 0 Å². The maximum absolute atomic E-state index is 11.2. The molecule has 0 spiro atoms. The van der Waals surface area contributed by atoms with Gasteiger partial charge in [-0.15, -0.1) is 0 Å². The fourth-order valence-corrected chi connectivity index (χ4v) is 1.21. The Morgan fingerprint density at radius 1 is 1.12 bits per heavy atom. The van der Waals surface area contributed by atoms with E-state index in [0.717, 1.165) is 17.2 Å². The van der Waals surface area contributed by atoms with Gasteiger partial charge in [-0.2, -0.15) is 0 Å². The smallest absolute Gasteiger partial charge is 0.246 e. The molecule has 0 aliphatic rings. The Bertz CT molecular complexity index is 417. The van der Waals surface area contributed by atoms with Gasteiger partial charge in [0.15, 0.2) is 0 Å². The molecule has 17 heavy (non-hydrogen) atoms. The van der Waals surface area contributed by atoms with Crippen LogP contribution < -0.4 is 10.6 Å². The lowest BCUT2D eigenvalue weighted by Crippen LogP contribution is -2.18. The summed E-state index contributed by atoms with van der Waals surface area (Å²) < 4.78 is 2.01. The number of rotatable bonds is 3. The van der Waals surface area contributed by atoms with E-state index in [-0.39, 0.29) is 5.91 Å². The molecule has 0 aliphatic carbocycles. The quantitative estimate of drug-likeness (QED) is 0.478. The molecule has 0 aromatic heterocycles. The van der Waals surface area contributed by atoms with Crippen LogP contribution in [0.4, 0.5) is 11.4 Å². The zero-order chi connectivity index (χ0) is 12.8. The van der Waals surface area contributed by atoms with Gasteiger partial charge in [0.1, 0.15) is 5.69 Å². The van der Waals surface area contributed by atoms with E-state index in [4.69, 9.17) is 0 Å². The van der Waals surface area contributed by atoms with Crippen molar-refractivity contribution in [2.24, 2.45) is 0 Å². The fraction of sp³-hybridized carbons (Fsp3) is 0.385. The van der Waals surface area contributed by atoms with Crippen LogP contribution in [0.25, 0.3) is 0 Å². The lowest BCUT2D eigenvalue weighted by Gasteiger charge is -2.05.